The predicted octanol–water partition coefficient (Wildman–Crippen LogP) is 5.23. The Morgan fingerprint density at radius 2 is 1.44 bits per heavy atom. The number of urea groups is 1. The number of nitrogens with one attached hydrogen (secondary N) is 1. The number of hydrogen-bond acceptors (Lipinski definition) is 7. The van der Waals surface area contributed by atoms with Gasteiger partial charge in [-0.1, -0.05) is 54.6 Å². The third-order valence-corrected chi connectivity index (χ3v) is 6.29. The first kappa shape index (κ1) is 27.0. The van der Waals surface area contributed by atoms with Gasteiger partial charge < -0.3 is 19.3 Å². The summed E-state index contributed by atoms with van der Waals surface area (Å²) in [5.41, 5.74) is 2.29. The summed E-state index contributed by atoms with van der Waals surface area (Å²) in [5.74, 6) is -0.0584. The summed E-state index contributed by atoms with van der Waals surface area (Å²) in [6, 6.07) is 26.9. The second-order valence-electron chi connectivity index (χ2n) is 9.06. The Morgan fingerprint density at radius 1 is 0.756 bits per heavy atom. The zero-order chi connectivity index (χ0) is 28.8. The van der Waals surface area contributed by atoms with E-state index in [-0.39, 0.29) is 23.6 Å². The number of rotatable bonds is 9. The fourth-order valence-corrected chi connectivity index (χ4v) is 4.20. The summed E-state index contributed by atoms with van der Waals surface area (Å²) in [5, 5.41) is 11.7. The van der Waals surface area contributed by atoms with E-state index >= 15 is 0 Å². The van der Waals surface area contributed by atoms with Crippen LogP contribution in [0.4, 0.5) is 10.5 Å². The molecule has 4 amide bonds. The first-order valence-corrected chi connectivity index (χ1v) is 12.7. The second-order valence-corrected chi connectivity index (χ2v) is 9.06. The Morgan fingerprint density at radius 3 is 2.20 bits per heavy atom. The Hall–Kier alpha value is -5.57. The van der Waals surface area contributed by atoms with Crippen LogP contribution in [-0.2, 0) is 22.8 Å². The maximum atomic E-state index is 13.2. The van der Waals surface area contributed by atoms with Crippen molar-refractivity contribution in [2.45, 2.75) is 13.2 Å². The number of nitrogens with zero attached hydrogens (tertiary/aromatic N) is 1. The highest BCUT2D eigenvalue weighted by Gasteiger charge is 2.37. The molecule has 206 valence electrons. The van der Waals surface area contributed by atoms with Crippen LogP contribution in [0.1, 0.15) is 16.7 Å². The number of ether oxygens (including phenoxy) is 3. The summed E-state index contributed by atoms with van der Waals surface area (Å²) < 4.78 is 17.5. The van der Waals surface area contributed by atoms with Gasteiger partial charge in [0.1, 0.15) is 30.3 Å². The zero-order valence-electron chi connectivity index (χ0n) is 22.1. The highest BCUT2D eigenvalue weighted by molar-refractivity contribution is 6.39. The molecule has 0 saturated carbocycles. The van der Waals surface area contributed by atoms with Crippen LogP contribution in [0.5, 0.6) is 23.0 Å². The van der Waals surface area contributed by atoms with E-state index in [1.54, 1.807) is 31.4 Å². The van der Waals surface area contributed by atoms with Gasteiger partial charge in [-0.25, -0.2) is 9.69 Å². The number of anilines is 1. The second kappa shape index (κ2) is 12.1. The van der Waals surface area contributed by atoms with Crippen molar-refractivity contribution in [1.82, 2.24) is 5.32 Å². The van der Waals surface area contributed by atoms with Crippen LogP contribution in [0.25, 0.3) is 6.08 Å². The van der Waals surface area contributed by atoms with Crippen molar-refractivity contribution in [3.8, 4) is 23.0 Å². The van der Waals surface area contributed by atoms with Crippen molar-refractivity contribution in [1.29, 1.82) is 0 Å². The summed E-state index contributed by atoms with van der Waals surface area (Å²) in [7, 11) is 1.56. The van der Waals surface area contributed by atoms with Crippen LogP contribution in [0.15, 0.2) is 103 Å². The molecule has 1 heterocycles. The van der Waals surface area contributed by atoms with E-state index in [1.807, 2.05) is 48.5 Å². The molecule has 0 radical (unpaired) electrons. The number of amides is 4. The quantitative estimate of drug-likeness (QED) is 0.217. The molecule has 0 atom stereocenters. The highest BCUT2D eigenvalue weighted by atomic mass is 16.5. The Balaban J connectivity index is 1.33. The molecule has 0 spiro atoms. The largest absolute Gasteiger partial charge is 0.508 e. The Kier molecular flexibility index (Phi) is 7.96. The molecule has 1 aliphatic rings. The fraction of sp³-hybridized carbons (Fsp3) is 0.0938. The van der Waals surface area contributed by atoms with E-state index < -0.39 is 17.8 Å². The van der Waals surface area contributed by atoms with E-state index in [0.717, 1.165) is 16.0 Å². The monoisotopic (exact) mass is 550 g/mol. The number of carbonyl (C=O) groups is 3. The van der Waals surface area contributed by atoms with E-state index in [9.17, 15) is 19.5 Å². The maximum absolute atomic E-state index is 13.2. The number of benzene rings is 4. The number of phenols is 1. The van der Waals surface area contributed by atoms with Gasteiger partial charge in [-0.2, -0.15) is 0 Å². The van der Waals surface area contributed by atoms with Crippen molar-refractivity contribution in [3.63, 3.8) is 0 Å². The average Bonchev–Trinajstić information content (AvgIpc) is 2.99. The molecule has 0 bridgehead atoms. The standard InChI is InChI=1S/C32H26N2O7/c1-39-29-17-22(11-16-28(29)41-19-21-7-3-2-4-8-21)20-40-27-10-6-5-9-23(27)18-26-30(36)33-32(38)34(31(26)37)24-12-14-25(35)15-13-24/h2-18,35H,19-20H2,1H3,(H,33,36,38)/b26-18-. The molecule has 9 heteroatoms. The molecule has 1 aliphatic heterocycles. The lowest BCUT2D eigenvalue weighted by Gasteiger charge is -2.26. The highest BCUT2D eigenvalue weighted by Crippen LogP contribution is 2.31. The number of barbiturate groups is 1. The lowest BCUT2D eigenvalue weighted by molar-refractivity contribution is -0.122. The smallest absolute Gasteiger partial charge is 0.335 e. The minimum Gasteiger partial charge on any atom is -0.508 e. The first-order chi connectivity index (χ1) is 19.9. The number of phenolic OH excluding ortho intramolecular Hbond substituents is 1. The minimum atomic E-state index is -0.877. The van der Waals surface area contributed by atoms with Crippen LogP contribution in [0, 0.1) is 0 Å². The van der Waals surface area contributed by atoms with Gasteiger partial charge in [-0.15, -0.1) is 0 Å². The van der Waals surface area contributed by atoms with Crippen LogP contribution < -0.4 is 24.4 Å². The molecule has 41 heavy (non-hydrogen) atoms. The van der Waals surface area contributed by atoms with E-state index in [0.29, 0.717) is 29.4 Å². The van der Waals surface area contributed by atoms with Gasteiger partial charge in [0, 0.05) is 5.56 Å². The van der Waals surface area contributed by atoms with Gasteiger partial charge in [0.2, 0.25) is 0 Å². The van der Waals surface area contributed by atoms with Crippen molar-refractivity contribution >= 4 is 29.6 Å². The number of carbonyl (C=O) groups excluding carboxylic acids is 3. The van der Waals surface area contributed by atoms with Gasteiger partial charge in [0.25, 0.3) is 11.8 Å². The summed E-state index contributed by atoms with van der Waals surface area (Å²) in [6.45, 7) is 0.574. The predicted molar refractivity (Wildman–Crippen MR) is 152 cm³/mol. The van der Waals surface area contributed by atoms with Gasteiger partial charge >= 0.3 is 6.03 Å². The lowest BCUT2D eigenvalue weighted by Crippen LogP contribution is -2.54. The zero-order valence-corrected chi connectivity index (χ0v) is 22.1. The number of hydrogen-bond donors (Lipinski definition) is 2. The third-order valence-electron chi connectivity index (χ3n) is 6.29. The molecule has 0 unspecified atom stereocenters. The van der Waals surface area contributed by atoms with Gasteiger partial charge in [0.15, 0.2) is 11.5 Å². The minimum absolute atomic E-state index is 0.0245. The van der Waals surface area contributed by atoms with Gasteiger partial charge in [-0.3, -0.25) is 14.9 Å². The van der Waals surface area contributed by atoms with E-state index in [1.165, 1.54) is 30.3 Å². The number of imide groups is 2. The Labute approximate surface area is 236 Å². The van der Waals surface area contributed by atoms with Gasteiger partial charge in [-0.05, 0) is 59.7 Å². The van der Waals surface area contributed by atoms with Crippen LogP contribution in [0.2, 0.25) is 0 Å². The van der Waals surface area contributed by atoms with E-state index in [4.69, 9.17) is 14.2 Å². The molecule has 2 N–H and O–H groups in total. The topological polar surface area (TPSA) is 114 Å². The number of aromatic hydroxyl groups is 1. The molecule has 4 aromatic carbocycles. The molecule has 0 aliphatic carbocycles. The van der Waals surface area contributed by atoms with Crippen LogP contribution in [-0.4, -0.2) is 30.1 Å². The fourth-order valence-electron chi connectivity index (χ4n) is 4.20. The molecule has 5 rings (SSSR count). The lowest BCUT2D eigenvalue weighted by atomic mass is 10.1. The van der Waals surface area contributed by atoms with Crippen molar-refractivity contribution in [2.75, 3.05) is 12.0 Å². The maximum Gasteiger partial charge on any atom is 0.335 e. The molecular weight excluding hydrogens is 524 g/mol. The molecular formula is C32H26N2O7. The third kappa shape index (κ3) is 6.20. The first-order valence-electron chi connectivity index (χ1n) is 12.7. The molecule has 1 saturated heterocycles. The van der Waals surface area contributed by atoms with E-state index in [2.05, 4.69) is 5.32 Å². The average molecular weight is 551 g/mol. The molecule has 4 aromatic rings. The molecule has 1 fully saturated rings. The Bertz CT molecular complexity index is 1620. The normalized spacial score (nSPS) is 14.1. The van der Waals surface area contributed by atoms with Crippen LogP contribution >= 0.6 is 0 Å². The van der Waals surface area contributed by atoms with Crippen molar-refractivity contribution in [2.24, 2.45) is 0 Å². The molecule has 0 aromatic heterocycles. The number of para-hydroxylation sites is 1. The summed E-state index contributed by atoms with van der Waals surface area (Å²) in [4.78, 5) is 39.1. The number of methoxy groups -OCH3 is 1. The van der Waals surface area contributed by atoms with Crippen LogP contribution in [0.3, 0.4) is 0 Å². The molecule has 9 nitrogen and oxygen atoms in total. The summed E-state index contributed by atoms with van der Waals surface area (Å²) in [6.07, 6.45) is 1.38. The van der Waals surface area contributed by atoms with Crippen molar-refractivity contribution in [3.05, 3.63) is 119 Å². The van der Waals surface area contributed by atoms with Crippen molar-refractivity contribution < 1.29 is 33.7 Å². The summed E-state index contributed by atoms with van der Waals surface area (Å²) >= 11 is 0. The SMILES string of the molecule is COc1cc(COc2ccccc2/C=C2/C(=O)NC(=O)N(c3ccc(O)cc3)C2=O)ccc1OCc1ccccc1. The van der Waals surface area contributed by atoms with Gasteiger partial charge in [0.05, 0.1) is 12.8 Å².